The van der Waals surface area contributed by atoms with Crippen molar-refractivity contribution in [3.05, 3.63) is 206 Å². The van der Waals surface area contributed by atoms with Crippen LogP contribution in [0.4, 0.5) is 0 Å². The number of hydrogen-bond acceptors (Lipinski definition) is 3. The molecular weight excluding hydrogens is 669 g/mol. The molecule has 0 bridgehead atoms. The maximum atomic E-state index is 9.70. The number of aromatic nitrogens is 4. The first-order valence-corrected chi connectivity index (χ1v) is 17.6. The standard InChI is InChI=1S/C51H34N4/c1-5-15-35(16-6-1)37-25-27-38(28-26-37)42-30-32-48(55-46-24-14-13-23-43(46)44-33-41(29-31-47(44)55)36-17-7-2-8-18-36)45(34-42)51-53-49(39-19-9-3-10-20-39)52-50(54-51)40-21-11-4-12-22-40/h1-34H/i2D,7D,8D,13D,14D,17D,18D,23D,24D,29D,31D,33D. The molecule has 0 atom stereocenters. The van der Waals surface area contributed by atoms with Gasteiger partial charge in [0.05, 0.1) is 33.2 Å². The van der Waals surface area contributed by atoms with Gasteiger partial charge in [0.2, 0.25) is 0 Å². The molecule has 4 nitrogen and oxygen atoms in total. The molecule has 10 aromatic rings. The molecule has 0 aliphatic heterocycles. The number of nitrogens with zero attached hydrogens (tertiary/aromatic N) is 4. The van der Waals surface area contributed by atoms with Crippen LogP contribution in [0.1, 0.15) is 16.4 Å². The van der Waals surface area contributed by atoms with E-state index in [1.54, 1.807) is 6.07 Å². The van der Waals surface area contributed by atoms with Crippen molar-refractivity contribution in [3.63, 3.8) is 0 Å². The zero-order valence-corrected chi connectivity index (χ0v) is 29.0. The van der Waals surface area contributed by atoms with E-state index >= 15 is 0 Å². The topological polar surface area (TPSA) is 43.6 Å². The molecule has 0 aliphatic rings. The SMILES string of the molecule is [2H]c1c([2H])c([2H])c(-c2c([2H])c([2H])c3c(c2[2H])c2c([2H])c([2H])c([2H])c([2H])c2n3-c2ccc(-c3ccc(-c4ccccc4)cc3)cc2-c2nc(-c3ccccc3)nc(-c3ccccc3)n2)c([2H])c1[2H]. The summed E-state index contributed by atoms with van der Waals surface area (Å²) >= 11 is 0. The van der Waals surface area contributed by atoms with E-state index in [0.29, 0.717) is 28.3 Å². The average Bonchev–Trinajstić information content (AvgIpc) is 3.74. The second kappa shape index (κ2) is 13.8. The van der Waals surface area contributed by atoms with Crippen molar-refractivity contribution >= 4 is 21.8 Å². The van der Waals surface area contributed by atoms with Crippen LogP contribution in [0.25, 0.3) is 95.0 Å². The molecule has 0 unspecified atom stereocenters. The van der Waals surface area contributed by atoms with Gasteiger partial charge in [0.15, 0.2) is 17.5 Å². The molecule has 0 radical (unpaired) electrons. The van der Waals surface area contributed by atoms with Crippen LogP contribution in [0.5, 0.6) is 0 Å². The van der Waals surface area contributed by atoms with Gasteiger partial charge in [0.1, 0.15) is 0 Å². The van der Waals surface area contributed by atoms with Crippen LogP contribution in [-0.4, -0.2) is 19.5 Å². The molecule has 0 N–H and O–H groups in total. The van der Waals surface area contributed by atoms with Crippen molar-refractivity contribution in [2.75, 3.05) is 0 Å². The van der Waals surface area contributed by atoms with Crippen molar-refractivity contribution in [1.29, 1.82) is 0 Å². The van der Waals surface area contributed by atoms with Gasteiger partial charge in [-0.25, -0.2) is 15.0 Å². The third-order valence-electron chi connectivity index (χ3n) is 9.41. The van der Waals surface area contributed by atoms with E-state index in [-0.39, 0.29) is 33.3 Å². The lowest BCUT2D eigenvalue weighted by atomic mass is 9.98. The molecule has 8 aromatic carbocycles. The first kappa shape index (κ1) is 21.9. The Morgan fingerprint density at radius 2 is 0.873 bits per heavy atom. The largest absolute Gasteiger partial charge is 0.309 e. The molecule has 0 amide bonds. The van der Waals surface area contributed by atoms with Crippen LogP contribution < -0.4 is 0 Å². The van der Waals surface area contributed by atoms with Gasteiger partial charge in [-0.15, -0.1) is 0 Å². The van der Waals surface area contributed by atoms with Crippen LogP contribution in [0.15, 0.2) is 206 Å². The number of benzene rings is 8. The third kappa shape index (κ3) is 6.06. The van der Waals surface area contributed by atoms with Crippen LogP contribution in [0.2, 0.25) is 0 Å². The van der Waals surface area contributed by atoms with E-state index in [1.807, 2.05) is 127 Å². The minimum absolute atomic E-state index is 0.123. The minimum atomic E-state index is -0.702. The Labute approximate surface area is 336 Å². The van der Waals surface area contributed by atoms with Gasteiger partial charge >= 0.3 is 0 Å². The Hall–Kier alpha value is -7.43. The van der Waals surface area contributed by atoms with Crippen LogP contribution >= 0.6 is 0 Å². The van der Waals surface area contributed by atoms with E-state index in [9.17, 15) is 6.85 Å². The smallest absolute Gasteiger partial charge is 0.166 e. The lowest BCUT2D eigenvalue weighted by molar-refractivity contribution is 1.06. The fourth-order valence-corrected chi connectivity index (χ4v) is 6.76. The van der Waals surface area contributed by atoms with Crippen molar-refractivity contribution < 1.29 is 16.4 Å². The summed E-state index contributed by atoms with van der Waals surface area (Å²) in [4.78, 5) is 15.0. The molecule has 0 fully saturated rings. The summed E-state index contributed by atoms with van der Waals surface area (Å²) in [6.45, 7) is 0. The van der Waals surface area contributed by atoms with E-state index < -0.39 is 83.6 Å². The normalized spacial score (nSPS) is 14.3. The van der Waals surface area contributed by atoms with Crippen LogP contribution in [0, 0.1) is 0 Å². The summed E-state index contributed by atoms with van der Waals surface area (Å²) in [6, 6.07) is 34.5. The van der Waals surface area contributed by atoms with E-state index in [4.69, 9.17) is 24.5 Å². The van der Waals surface area contributed by atoms with Gasteiger partial charge in [-0.3, -0.25) is 0 Å². The van der Waals surface area contributed by atoms with Crippen molar-refractivity contribution in [2.45, 2.75) is 0 Å². The molecule has 4 heteroatoms. The molecule has 10 rings (SSSR count). The van der Waals surface area contributed by atoms with Gasteiger partial charge < -0.3 is 4.57 Å². The molecule has 0 aliphatic carbocycles. The Morgan fingerprint density at radius 3 is 1.53 bits per heavy atom. The van der Waals surface area contributed by atoms with Crippen molar-refractivity contribution in [2.24, 2.45) is 0 Å². The predicted molar refractivity (Wildman–Crippen MR) is 227 cm³/mol. The van der Waals surface area contributed by atoms with Gasteiger partial charge in [-0.1, -0.05) is 176 Å². The Balaban J connectivity index is 1.34. The molecule has 0 spiro atoms. The maximum absolute atomic E-state index is 9.70. The summed E-state index contributed by atoms with van der Waals surface area (Å²) < 4.78 is 109. The highest BCUT2D eigenvalue weighted by molar-refractivity contribution is 6.11. The highest BCUT2D eigenvalue weighted by atomic mass is 15.1. The summed E-state index contributed by atoms with van der Waals surface area (Å²) in [6.07, 6.45) is 0. The summed E-state index contributed by atoms with van der Waals surface area (Å²) in [7, 11) is 0. The first-order valence-electron chi connectivity index (χ1n) is 23.6. The quantitative estimate of drug-likeness (QED) is 0.165. The molecule has 2 aromatic heterocycles. The van der Waals surface area contributed by atoms with Gasteiger partial charge in [0, 0.05) is 27.5 Å². The van der Waals surface area contributed by atoms with E-state index in [2.05, 4.69) is 0 Å². The molecule has 0 saturated carbocycles. The summed E-state index contributed by atoms with van der Waals surface area (Å²) in [5.74, 6) is 0.841. The zero-order valence-electron chi connectivity index (χ0n) is 41.0. The van der Waals surface area contributed by atoms with Gasteiger partial charge in [-0.05, 0) is 63.6 Å². The van der Waals surface area contributed by atoms with Gasteiger partial charge in [-0.2, -0.15) is 0 Å². The van der Waals surface area contributed by atoms with Crippen LogP contribution in [-0.2, 0) is 0 Å². The molecule has 2 heterocycles. The third-order valence-corrected chi connectivity index (χ3v) is 9.41. The maximum Gasteiger partial charge on any atom is 0.166 e. The minimum Gasteiger partial charge on any atom is -0.309 e. The van der Waals surface area contributed by atoms with E-state index in [1.165, 1.54) is 4.57 Å². The predicted octanol–water partition coefficient (Wildman–Crippen LogP) is 13.0. The van der Waals surface area contributed by atoms with Crippen LogP contribution in [0.3, 0.4) is 0 Å². The zero-order chi connectivity index (χ0) is 47.0. The number of hydrogen-bond donors (Lipinski definition) is 0. The summed E-state index contributed by atoms with van der Waals surface area (Å²) in [5, 5.41) is -0.341. The molecular formula is C51H34N4. The van der Waals surface area contributed by atoms with E-state index in [0.717, 1.165) is 22.3 Å². The lowest BCUT2D eigenvalue weighted by Gasteiger charge is -2.16. The van der Waals surface area contributed by atoms with Crippen molar-refractivity contribution in [1.82, 2.24) is 19.5 Å². The first-order chi connectivity index (χ1) is 32.3. The number of para-hydroxylation sites is 1. The second-order valence-corrected chi connectivity index (χ2v) is 12.7. The lowest BCUT2D eigenvalue weighted by Crippen LogP contribution is -2.04. The fourth-order valence-electron chi connectivity index (χ4n) is 6.76. The monoisotopic (exact) mass is 714 g/mol. The Morgan fingerprint density at radius 1 is 0.364 bits per heavy atom. The Kier molecular flexibility index (Phi) is 5.52. The number of fused-ring (bicyclic) bond motifs is 3. The van der Waals surface area contributed by atoms with Crippen molar-refractivity contribution in [3.8, 4) is 73.2 Å². The number of rotatable bonds is 7. The highest BCUT2D eigenvalue weighted by Gasteiger charge is 2.21. The second-order valence-electron chi connectivity index (χ2n) is 12.7. The Bertz CT molecular complexity index is 3550. The van der Waals surface area contributed by atoms with Gasteiger partial charge in [0.25, 0.3) is 0 Å². The highest BCUT2D eigenvalue weighted by Crippen LogP contribution is 2.39. The summed E-state index contributed by atoms with van der Waals surface area (Å²) in [5.41, 5.74) is 4.35. The molecule has 258 valence electrons. The molecule has 0 saturated heterocycles. The molecule has 55 heavy (non-hydrogen) atoms. The average molecular weight is 715 g/mol. The fraction of sp³-hybridized carbons (Fsp3) is 0.